The average Bonchev–Trinajstić information content (AvgIpc) is 3.38. The molecule has 130 valence electrons. The maximum absolute atomic E-state index is 4.83. The molecule has 26 heavy (non-hydrogen) atoms. The number of aromatic nitrogens is 3. The van der Waals surface area contributed by atoms with Crippen molar-refractivity contribution in [3.05, 3.63) is 89.0 Å². The second kappa shape index (κ2) is 7.64. The summed E-state index contributed by atoms with van der Waals surface area (Å²) in [6.07, 6.45) is 5.75. The molecular weight excluding hydrogens is 340 g/mol. The number of para-hydroxylation sites is 1. The fourth-order valence-electron chi connectivity index (χ4n) is 2.90. The zero-order valence-electron chi connectivity index (χ0n) is 14.5. The third-order valence-corrected chi connectivity index (χ3v) is 5.37. The fraction of sp³-hybridized carbons (Fsp3) is 0.143. The molecule has 0 fully saturated rings. The molecule has 0 spiro atoms. The van der Waals surface area contributed by atoms with Crippen LogP contribution in [0.5, 0.6) is 0 Å². The van der Waals surface area contributed by atoms with Gasteiger partial charge in [-0.05, 0) is 42.6 Å². The van der Waals surface area contributed by atoms with Crippen LogP contribution in [-0.2, 0) is 6.54 Å². The van der Waals surface area contributed by atoms with Gasteiger partial charge in [0.2, 0.25) is 0 Å². The van der Waals surface area contributed by atoms with E-state index in [9.17, 15) is 0 Å². The summed E-state index contributed by atoms with van der Waals surface area (Å²) in [5.74, 6) is 0. The highest BCUT2D eigenvalue weighted by Crippen LogP contribution is 2.24. The molecule has 1 aromatic carbocycles. The minimum absolute atomic E-state index is 0.303. The quantitative estimate of drug-likeness (QED) is 0.535. The maximum Gasteiger partial charge on any atom is 0.0988 e. The summed E-state index contributed by atoms with van der Waals surface area (Å²) in [6, 6.07) is 18.7. The van der Waals surface area contributed by atoms with Crippen LogP contribution >= 0.6 is 11.3 Å². The van der Waals surface area contributed by atoms with Crippen LogP contribution in [0.1, 0.15) is 23.4 Å². The Morgan fingerprint density at radius 1 is 1.08 bits per heavy atom. The van der Waals surface area contributed by atoms with Gasteiger partial charge in [0.15, 0.2) is 0 Å². The standard InChI is InChI=1S/C21H20N4S/c1-16(20-10-6-12-26-20)23-14-18-15-25(19-8-3-2-4-9-19)24-21(18)17-7-5-11-22-13-17/h2-13,15-16,23H,14H2,1H3. The molecule has 0 saturated carbocycles. The van der Waals surface area contributed by atoms with Gasteiger partial charge >= 0.3 is 0 Å². The molecule has 0 amide bonds. The van der Waals surface area contributed by atoms with E-state index in [1.165, 1.54) is 4.88 Å². The van der Waals surface area contributed by atoms with Gasteiger partial charge in [0.25, 0.3) is 0 Å². The lowest BCUT2D eigenvalue weighted by atomic mass is 10.1. The van der Waals surface area contributed by atoms with Crippen LogP contribution in [0.2, 0.25) is 0 Å². The Morgan fingerprint density at radius 2 is 1.96 bits per heavy atom. The Bertz CT molecular complexity index is 946. The fourth-order valence-corrected chi connectivity index (χ4v) is 3.66. The molecule has 0 radical (unpaired) electrons. The summed E-state index contributed by atoms with van der Waals surface area (Å²) in [5.41, 5.74) is 4.20. The molecule has 4 rings (SSSR count). The second-order valence-electron chi connectivity index (χ2n) is 6.14. The van der Waals surface area contributed by atoms with Crippen molar-refractivity contribution in [3.8, 4) is 16.9 Å². The van der Waals surface area contributed by atoms with Crippen molar-refractivity contribution < 1.29 is 0 Å². The molecule has 1 atom stereocenters. The van der Waals surface area contributed by atoms with Crippen molar-refractivity contribution in [3.63, 3.8) is 0 Å². The number of pyridine rings is 1. The molecule has 0 aliphatic heterocycles. The first-order valence-electron chi connectivity index (χ1n) is 8.62. The van der Waals surface area contributed by atoms with E-state index in [1.54, 1.807) is 17.5 Å². The summed E-state index contributed by atoms with van der Waals surface area (Å²) >= 11 is 1.78. The zero-order valence-corrected chi connectivity index (χ0v) is 15.4. The van der Waals surface area contributed by atoms with E-state index >= 15 is 0 Å². The molecule has 4 aromatic rings. The smallest absolute Gasteiger partial charge is 0.0988 e. The van der Waals surface area contributed by atoms with Gasteiger partial charge in [-0.3, -0.25) is 4.98 Å². The molecular formula is C21H20N4S. The number of benzene rings is 1. The van der Waals surface area contributed by atoms with Gasteiger partial charge < -0.3 is 5.32 Å². The molecule has 0 aliphatic rings. The Kier molecular flexibility index (Phi) is 4.91. The molecule has 1 unspecified atom stereocenters. The lowest BCUT2D eigenvalue weighted by molar-refractivity contribution is 0.583. The third-order valence-electron chi connectivity index (χ3n) is 4.31. The van der Waals surface area contributed by atoms with Gasteiger partial charge in [0, 0.05) is 47.2 Å². The molecule has 5 heteroatoms. The highest BCUT2D eigenvalue weighted by Gasteiger charge is 2.14. The Labute approximate surface area is 157 Å². The number of rotatable bonds is 6. The van der Waals surface area contributed by atoms with Crippen LogP contribution in [0, 0.1) is 0 Å². The number of nitrogens with zero attached hydrogens (tertiary/aromatic N) is 3. The van der Waals surface area contributed by atoms with Crippen molar-refractivity contribution in [1.29, 1.82) is 0 Å². The maximum atomic E-state index is 4.83. The average molecular weight is 360 g/mol. The van der Waals surface area contributed by atoms with Crippen LogP contribution in [0.15, 0.2) is 78.6 Å². The van der Waals surface area contributed by atoms with Crippen LogP contribution in [0.25, 0.3) is 16.9 Å². The van der Waals surface area contributed by atoms with Crippen molar-refractivity contribution in [2.45, 2.75) is 19.5 Å². The molecule has 0 saturated heterocycles. The van der Waals surface area contributed by atoms with Crippen LogP contribution < -0.4 is 5.32 Å². The molecule has 4 nitrogen and oxygen atoms in total. The highest BCUT2D eigenvalue weighted by atomic mass is 32.1. The predicted octanol–water partition coefficient (Wildman–Crippen LogP) is 4.85. The first-order valence-corrected chi connectivity index (χ1v) is 9.50. The summed E-state index contributed by atoms with van der Waals surface area (Å²) in [4.78, 5) is 5.59. The number of hydrogen-bond acceptors (Lipinski definition) is 4. The van der Waals surface area contributed by atoms with Crippen LogP contribution in [0.4, 0.5) is 0 Å². The predicted molar refractivity (Wildman–Crippen MR) is 106 cm³/mol. The molecule has 0 bridgehead atoms. The van der Waals surface area contributed by atoms with Gasteiger partial charge in [-0.15, -0.1) is 11.3 Å². The monoisotopic (exact) mass is 360 g/mol. The van der Waals surface area contributed by atoms with Gasteiger partial charge in [-0.1, -0.05) is 24.3 Å². The number of hydrogen-bond donors (Lipinski definition) is 1. The molecule has 3 heterocycles. The summed E-state index contributed by atoms with van der Waals surface area (Å²) in [7, 11) is 0. The van der Waals surface area contributed by atoms with E-state index in [0.29, 0.717) is 6.04 Å². The number of nitrogens with one attached hydrogen (secondary N) is 1. The van der Waals surface area contributed by atoms with Crippen molar-refractivity contribution >= 4 is 11.3 Å². The van der Waals surface area contributed by atoms with Crippen LogP contribution in [0.3, 0.4) is 0 Å². The first-order chi connectivity index (χ1) is 12.8. The molecule has 3 aromatic heterocycles. The topological polar surface area (TPSA) is 42.7 Å². The summed E-state index contributed by atoms with van der Waals surface area (Å²) < 4.78 is 1.94. The Morgan fingerprint density at radius 3 is 2.69 bits per heavy atom. The van der Waals surface area contributed by atoms with E-state index in [0.717, 1.165) is 29.1 Å². The van der Waals surface area contributed by atoms with Gasteiger partial charge in [-0.25, -0.2) is 4.68 Å². The van der Waals surface area contributed by atoms with E-state index < -0.39 is 0 Å². The van der Waals surface area contributed by atoms with Gasteiger partial charge in [0.05, 0.1) is 11.4 Å². The van der Waals surface area contributed by atoms with Gasteiger partial charge in [0.1, 0.15) is 0 Å². The lowest BCUT2D eigenvalue weighted by Crippen LogP contribution is -2.17. The Hall–Kier alpha value is -2.76. The highest BCUT2D eigenvalue weighted by molar-refractivity contribution is 7.10. The third kappa shape index (κ3) is 3.59. The zero-order chi connectivity index (χ0) is 17.8. The van der Waals surface area contributed by atoms with Crippen molar-refractivity contribution in [2.24, 2.45) is 0 Å². The number of thiophene rings is 1. The van der Waals surface area contributed by atoms with E-state index in [-0.39, 0.29) is 0 Å². The SMILES string of the molecule is CC(NCc1cn(-c2ccccc2)nc1-c1cccnc1)c1cccs1. The second-order valence-corrected chi connectivity index (χ2v) is 7.12. The van der Waals surface area contributed by atoms with E-state index in [4.69, 9.17) is 5.10 Å². The summed E-state index contributed by atoms with van der Waals surface area (Å²) in [5, 5.41) is 10.6. The van der Waals surface area contributed by atoms with Gasteiger partial charge in [-0.2, -0.15) is 5.10 Å². The van der Waals surface area contributed by atoms with Crippen molar-refractivity contribution in [2.75, 3.05) is 0 Å². The van der Waals surface area contributed by atoms with Crippen molar-refractivity contribution in [1.82, 2.24) is 20.1 Å². The van der Waals surface area contributed by atoms with Crippen LogP contribution in [-0.4, -0.2) is 14.8 Å². The molecule has 0 aliphatic carbocycles. The normalized spacial score (nSPS) is 12.2. The minimum Gasteiger partial charge on any atom is -0.305 e. The first kappa shape index (κ1) is 16.7. The largest absolute Gasteiger partial charge is 0.305 e. The lowest BCUT2D eigenvalue weighted by Gasteiger charge is -2.11. The molecule has 1 N–H and O–H groups in total. The van der Waals surface area contributed by atoms with E-state index in [1.807, 2.05) is 35.1 Å². The minimum atomic E-state index is 0.303. The Balaban J connectivity index is 1.64. The van der Waals surface area contributed by atoms with E-state index in [2.05, 4.69) is 59.1 Å². The summed E-state index contributed by atoms with van der Waals surface area (Å²) in [6.45, 7) is 2.94.